The van der Waals surface area contributed by atoms with Crippen LogP contribution in [-0.2, 0) is 28.7 Å². The van der Waals surface area contributed by atoms with E-state index in [1.807, 2.05) is 0 Å². The third-order valence-electron chi connectivity index (χ3n) is 1.66. The molecule has 0 bridgehead atoms. The van der Waals surface area contributed by atoms with Gasteiger partial charge in [0, 0.05) is 23.8 Å². The zero-order valence-electron chi connectivity index (χ0n) is 10.8. The summed E-state index contributed by atoms with van der Waals surface area (Å²) in [5, 5.41) is 0. The molecule has 0 aliphatic carbocycles. The Morgan fingerprint density at radius 3 is 1.74 bits per heavy atom. The molecule has 0 aromatic heterocycles. The number of esters is 4. The van der Waals surface area contributed by atoms with Crippen molar-refractivity contribution in [1.82, 2.24) is 0 Å². The van der Waals surface area contributed by atoms with Crippen molar-refractivity contribution in [2.45, 2.75) is 20.8 Å². The summed E-state index contributed by atoms with van der Waals surface area (Å²) in [6.45, 7) is 4.42. The van der Waals surface area contributed by atoms with Crippen LogP contribution in [0.4, 0.5) is 0 Å². The summed E-state index contributed by atoms with van der Waals surface area (Å²) in [6, 6.07) is 0. The van der Waals surface area contributed by atoms with Gasteiger partial charge in [0.15, 0.2) is 0 Å². The van der Waals surface area contributed by atoms with Crippen LogP contribution >= 0.6 is 0 Å². The van der Waals surface area contributed by atoms with E-state index in [-0.39, 0.29) is 5.57 Å². The van der Waals surface area contributed by atoms with Gasteiger partial charge in [0.1, 0.15) is 0 Å². The summed E-state index contributed by atoms with van der Waals surface area (Å²) in [4.78, 5) is 44.4. The first-order valence-electron chi connectivity index (χ1n) is 5.36. The van der Waals surface area contributed by atoms with E-state index in [0.29, 0.717) is 0 Å². The second-order valence-electron chi connectivity index (χ2n) is 3.28. The predicted molar refractivity (Wildman–Crippen MR) is 65.6 cm³/mol. The van der Waals surface area contributed by atoms with Crippen molar-refractivity contribution in [3.05, 3.63) is 36.0 Å². The molecule has 102 valence electrons. The van der Waals surface area contributed by atoms with Gasteiger partial charge in [0.25, 0.3) is 0 Å². The van der Waals surface area contributed by atoms with Crippen molar-refractivity contribution in [1.29, 1.82) is 0 Å². The second-order valence-corrected chi connectivity index (χ2v) is 3.28. The lowest BCUT2D eigenvalue weighted by Gasteiger charge is -2.00. The molecule has 0 N–H and O–H groups in total. The lowest BCUT2D eigenvalue weighted by molar-refractivity contribution is -0.155. The van der Waals surface area contributed by atoms with Gasteiger partial charge in [-0.1, -0.05) is 12.2 Å². The summed E-state index contributed by atoms with van der Waals surface area (Å²) < 4.78 is 8.68. The van der Waals surface area contributed by atoms with E-state index < -0.39 is 23.9 Å². The Hall–Kier alpha value is -2.50. The third-order valence-corrected chi connectivity index (χ3v) is 1.66. The van der Waals surface area contributed by atoms with E-state index in [1.165, 1.54) is 19.1 Å². The Morgan fingerprint density at radius 1 is 0.789 bits per heavy atom. The number of rotatable bonds is 4. The molecule has 0 aromatic rings. The molecule has 0 saturated heterocycles. The quantitative estimate of drug-likeness (QED) is 0.432. The molecule has 0 atom stereocenters. The predicted octanol–water partition coefficient (Wildman–Crippen LogP) is 1.22. The van der Waals surface area contributed by atoms with Crippen LogP contribution in [0.1, 0.15) is 20.8 Å². The molecule has 0 aromatic carbocycles. The maximum atomic E-state index is 11.3. The van der Waals surface area contributed by atoms with Crippen LogP contribution < -0.4 is 0 Å². The minimum Gasteiger partial charge on any atom is -0.387 e. The van der Waals surface area contributed by atoms with Gasteiger partial charge in [-0.05, 0) is 20.8 Å². The fraction of sp³-hybridized carbons (Fsp3) is 0.231. The topological polar surface area (TPSA) is 86.7 Å². The van der Waals surface area contributed by atoms with Crippen molar-refractivity contribution < 1.29 is 28.7 Å². The Morgan fingerprint density at radius 2 is 1.26 bits per heavy atom. The highest BCUT2D eigenvalue weighted by Crippen LogP contribution is 1.99. The summed E-state index contributed by atoms with van der Waals surface area (Å²) in [5.74, 6) is -3.71. The van der Waals surface area contributed by atoms with E-state index in [4.69, 9.17) is 0 Å². The number of hydrogen-bond donors (Lipinski definition) is 0. The molecule has 0 unspecified atom stereocenters. The van der Waals surface area contributed by atoms with Crippen LogP contribution in [-0.4, -0.2) is 23.9 Å². The number of ether oxygens (including phenoxy) is 2. The summed E-state index contributed by atoms with van der Waals surface area (Å²) in [5.41, 5.74) is -0.156. The SMILES string of the molecule is C/C=C/C(=O)OC(=O)/C=C(/C)C(=O)OC(=O)/C=C/C. The molecule has 19 heavy (non-hydrogen) atoms. The Balaban J connectivity index is 4.54. The van der Waals surface area contributed by atoms with Gasteiger partial charge in [0.05, 0.1) is 0 Å². The lowest BCUT2D eigenvalue weighted by atomic mass is 10.3. The van der Waals surface area contributed by atoms with Crippen molar-refractivity contribution in [2.75, 3.05) is 0 Å². The van der Waals surface area contributed by atoms with Crippen molar-refractivity contribution in [3.63, 3.8) is 0 Å². The molecule has 6 nitrogen and oxygen atoms in total. The molecule has 0 aliphatic heterocycles. The number of carbonyl (C=O) groups excluding carboxylic acids is 4. The zero-order valence-corrected chi connectivity index (χ0v) is 10.8. The minimum absolute atomic E-state index is 0.156. The Labute approximate surface area is 110 Å². The Bertz CT molecular complexity index is 468. The van der Waals surface area contributed by atoms with Crippen molar-refractivity contribution in [2.24, 2.45) is 0 Å². The van der Waals surface area contributed by atoms with Gasteiger partial charge in [-0.25, -0.2) is 19.2 Å². The van der Waals surface area contributed by atoms with E-state index in [2.05, 4.69) is 9.47 Å². The van der Waals surface area contributed by atoms with Gasteiger partial charge in [0.2, 0.25) is 0 Å². The highest BCUT2D eigenvalue weighted by atomic mass is 16.6. The first-order valence-corrected chi connectivity index (χ1v) is 5.36. The van der Waals surface area contributed by atoms with E-state index in [1.54, 1.807) is 13.8 Å². The highest BCUT2D eigenvalue weighted by Gasteiger charge is 2.13. The fourth-order valence-electron chi connectivity index (χ4n) is 0.876. The molecule has 0 aliphatic rings. The number of hydrogen-bond acceptors (Lipinski definition) is 6. The molecule has 0 heterocycles. The molecular weight excluding hydrogens is 252 g/mol. The largest absolute Gasteiger partial charge is 0.387 e. The molecule has 0 amide bonds. The summed E-state index contributed by atoms with van der Waals surface area (Å²) in [7, 11) is 0. The normalized spacial score (nSPS) is 11.6. The van der Waals surface area contributed by atoms with Crippen molar-refractivity contribution >= 4 is 23.9 Å². The standard InChI is InChI=1S/C13H14O6/c1-4-6-10(14)18-12(16)8-9(3)13(17)19-11(15)7-5-2/h4-8H,1-3H3/b6-4+,7-5+,9-8-. The van der Waals surface area contributed by atoms with Gasteiger partial charge < -0.3 is 9.47 Å². The third kappa shape index (κ3) is 7.43. The van der Waals surface area contributed by atoms with Crippen LogP contribution in [0.2, 0.25) is 0 Å². The van der Waals surface area contributed by atoms with Crippen LogP contribution in [0.3, 0.4) is 0 Å². The molecular formula is C13H14O6. The van der Waals surface area contributed by atoms with Gasteiger partial charge in [-0.3, -0.25) is 0 Å². The Kier molecular flexibility index (Phi) is 7.44. The zero-order chi connectivity index (χ0) is 14.8. The minimum atomic E-state index is -1.02. The average molecular weight is 266 g/mol. The molecule has 0 spiro atoms. The van der Waals surface area contributed by atoms with E-state index >= 15 is 0 Å². The van der Waals surface area contributed by atoms with Gasteiger partial charge >= 0.3 is 23.9 Å². The summed E-state index contributed by atoms with van der Waals surface area (Å²) >= 11 is 0. The first-order chi connectivity index (χ1) is 8.90. The van der Waals surface area contributed by atoms with Gasteiger partial charge in [-0.2, -0.15) is 0 Å². The van der Waals surface area contributed by atoms with Crippen molar-refractivity contribution in [3.8, 4) is 0 Å². The molecule has 0 fully saturated rings. The monoisotopic (exact) mass is 266 g/mol. The smallest absolute Gasteiger partial charge is 0.341 e. The maximum Gasteiger partial charge on any atom is 0.341 e. The molecule has 0 radical (unpaired) electrons. The number of carbonyl (C=O) groups is 4. The van der Waals surface area contributed by atoms with Gasteiger partial charge in [-0.15, -0.1) is 0 Å². The molecule has 0 rings (SSSR count). The fourth-order valence-corrected chi connectivity index (χ4v) is 0.876. The first kappa shape index (κ1) is 16.5. The van der Waals surface area contributed by atoms with E-state index in [0.717, 1.165) is 18.2 Å². The van der Waals surface area contributed by atoms with Crippen LogP contribution in [0.25, 0.3) is 0 Å². The van der Waals surface area contributed by atoms with Crippen LogP contribution in [0.15, 0.2) is 36.0 Å². The van der Waals surface area contributed by atoms with Crippen LogP contribution in [0.5, 0.6) is 0 Å². The second kappa shape index (κ2) is 8.57. The van der Waals surface area contributed by atoms with Crippen LogP contribution in [0, 0.1) is 0 Å². The molecule has 0 saturated carbocycles. The highest BCUT2D eigenvalue weighted by molar-refractivity contribution is 6.04. The molecule has 6 heteroatoms. The lowest BCUT2D eigenvalue weighted by Crippen LogP contribution is -2.14. The van der Waals surface area contributed by atoms with E-state index in [9.17, 15) is 19.2 Å². The number of allylic oxidation sites excluding steroid dienone is 2. The summed E-state index contributed by atoms with van der Waals surface area (Å²) in [6.07, 6.45) is 5.68. The average Bonchev–Trinajstić information content (AvgIpc) is 2.28. The maximum absolute atomic E-state index is 11.3.